The number of benzene rings is 2. The number of nitrogens with one attached hydrogen (secondary N) is 2. The first kappa shape index (κ1) is 15.0. The second kappa shape index (κ2) is 5.51. The molecule has 24 heavy (non-hydrogen) atoms. The SMILES string of the molecule is Cc1[nH]c2ccccc2c1C1=C(c2cccc(Cl)c2)C(=O)NC1O. The number of aliphatic hydroxyl groups excluding tert-OH is 1. The highest BCUT2D eigenvalue weighted by atomic mass is 35.5. The van der Waals surface area contributed by atoms with Crippen LogP contribution in [0.2, 0.25) is 5.02 Å². The van der Waals surface area contributed by atoms with E-state index >= 15 is 0 Å². The van der Waals surface area contributed by atoms with Crippen LogP contribution < -0.4 is 5.32 Å². The van der Waals surface area contributed by atoms with E-state index in [9.17, 15) is 9.90 Å². The van der Waals surface area contributed by atoms with E-state index < -0.39 is 6.23 Å². The molecule has 4 nitrogen and oxygen atoms in total. The maximum Gasteiger partial charge on any atom is 0.254 e. The molecule has 1 aromatic heterocycles. The zero-order valence-electron chi connectivity index (χ0n) is 12.9. The number of carbonyl (C=O) groups is 1. The Bertz CT molecular complexity index is 1000. The van der Waals surface area contributed by atoms with Crippen molar-refractivity contribution >= 4 is 39.6 Å². The molecule has 0 bridgehead atoms. The van der Waals surface area contributed by atoms with E-state index in [-0.39, 0.29) is 5.91 Å². The van der Waals surface area contributed by atoms with Crippen LogP contribution in [0.25, 0.3) is 22.0 Å². The van der Waals surface area contributed by atoms with E-state index in [2.05, 4.69) is 10.3 Å². The Labute approximate surface area is 143 Å². The molecule has 1 unspecified atom stereocenters. The highest BCUT2D eigenvalue weighted by Gasteiger charge is 2.34. The summed E-state index contributed by atoms with van der Waals surface area (Å²) in [5.41, 5.74) is 4.45. The molecule has 0 saturated heterocycles. The Balaban J connectivity index is 2.05. The van der Waals surface area contributed by atoms with Crippen LogP contribution in [0, 0.1) is 6.92 Å². The predicted molar refractivity (Wildman–Crippen MR) is 95.5 cm³/mol. The normalized spacial score (nSPS) is 17.6. The lowest BCUT2D eigenvalue weighted by atomic mass is 9.94. The summed E-state index contributed by atoms with van der Waals surface area (Å²) in [6.07, 6.45) is -1.05. The summed E-state index contributed by atoms with van der Waals surface area (Å²) in [5, 5.41) is 14.6. The van der Waals surface area contributed by atoms with Gasteiger partial charge in [-0.2, -0.15) is 0 Å². The van der Waals surface area contributed by atoms with Crippen molar-refractivity contribution < 1.29 is 9.90 Å². The number of amides is 1. The minimum absolute atomic E-state index is 0.301. The van der Waals surface area contributed by atoms with Crippen LogP contribution in [-0.2, 0) is 4.79 Å². The summed E-state index contributed by atoms with van der Waals surface area (Å²) < 4.78 is 0. The van der Waals surface area contributed by atoms with Crippen molar-refractivity contribution in [2.75, 3.05) is 0 Å². The van der Waals surface area contributed by atoms with E-state index in [1.54, 1.807) is 18.2 Å². The fourth-order valence-corrected chi connectivity index (χ4v) is 3.53. The predicted octanol–water partition coefficient (Wildman–Crippen LogP) is 3.49. The monoisotopic (exact) mass is 338 g/mol. The second-order valence-corrected chi connectivity index (χ2v) is 6.28. The highest BCUT2D eigenvalue weighted by Crippen LogP contribution is 2.38. The average Bonchev–Trinajstić information content (AvgIpc) is 3.02. The van der Waals surface area contributed by atoms with Crippen molar-refractivity contribution in [1.82, 2.24) is 10.3 Å². The van der Waals surface area contributed by atoms with Crippen molar-refractivity contribution in [2.45, 2.75) is 13.2 Å². The largest absolute Gasteiger partial charge is 0.369 e. The van der Waals surface area contributed by atoms with Crippen LogP contribution in [0.5, 0.6) is 0 Å². The molecule has 1 aliphatic heterocycles. The van der Waals surface area contributed by atoms with E-state index in [4.69, 9.17) is 11.6 Å². The standard InChI is InChI=1S/C19H15ClN2O2/c1-10-15(13-7-2-3-8-14(13)21-10)17-16(18(23)22-19(17)24)11-5-4-6-12(20)9-11/h2-9,19,21,24H,1H3,(H,22,23). The number of halogens is 1. The molecule has 2 aromatic carbocycles. The van der Waals surface area contributed by atoms with Gasteiger partial charge in [-0.25, -0.2) is 0 Å². The molecule has 0 spiro atoms. The Morgan fingerprint density at radius 1 is 1.12 bits per heavy atom. The number of H-pyrrole nitrogens is 1. The van der Waals surface area contributed by atoms with E-state index in [0.717, 1.165) is 22.2 Å². The van der Waals surface area contributed by atoms with Gasteiger partial charge < -0.3 is 15.4 Å². The van der Waals surface area contributed by atoms with Gasteiger partial charge in [0.15, 0.2) is 6.23 Å². The zero-order chi connectivity index (χ0) is 16.8. The molecule has 3 aromatic rings. The van der Waals surface area contributed by atoms with E-state index in [0.29, 0.717) is 21.7 Å². The van der Waals surface area contributed by atoms with Gasteiger partial charge in [-0.05, 0) is 30.7 Å². The summed E-state index contributed by atoms with van der Waals surface area (Å²) >= 11 is 6.08. The topological polar surface area (TPSA) is 65.1 Å². The number of fused-ring (bicyclic) bond motifs is 1. The van der Waals surface area contributed by atoms with Crippen LogP contribution in [-0.4, -0.2) is 22.2 Å². The smallest absolute Gasteiger partial charge is 0.254 e. The van der Waals surface area contributed by atoms with Crippen molar-refractivity contribution in [3.63, 3.8) is 0 Å². The van der Waals surface area contributed by atoms with E-state index in [1.165, 1.54) is 0 Å². The molecule has 5 heteroatoms. The van der Waals surface area contributed by atoms with Crippen molar-refractivity contribution in [3.8, 4) is 0 Å². The number of aromatic amines is 1. The van der Waals surface area contributed by atoms with Gasteiger partial charge in [-0.1, -0.05) is 41.9 Å². The van der Waals surface area contributed by atoms with Gasteiger partial charge in [0, 0.05) is 32.8 Å². The number of aromatic nitrogens is 1. The number of para-hydroxylation sites is 1. The van der Waals surface area contributed by atoms with Gasteiger partial charge in [0.1, 0.15) is 0 Å². The molecule has 1 aliphatic rings. The number of aryl methyl sites for hydroxylation is 1. The molecule has 0 fully saturated rings. The van der Waals surface area contributed by atoms with Gasteiger partial charge in [0.25, 0.3) is 5.91 Å². The van der Waals surface area contributed by atoms with Crippen LogP contribution in [0.1, 0.15) is 16.8 Å². The summed E-state index contributed by atoms with van der Waals surface area (Å²) in [7, 11) is 0. The fraction of sp³-hybridized carbons (Fsp3) is 0.105. The number of rotatable bonds is 2. The maximum atomic E-state index is 12.5. The fourth-order valence-electron chi connectivity index (χ4n) is 3.34. The third-order valence-corrected chi connectivity index (χ3v) is 4.55. The second-order valence-electron chi connectivity index (χ2n) is 5.85. The van der Waals surface area contributed by atoms with Gasteiger partial charge >= 0.3 is 0 Å². The number of hydrogen-bond acceptors (Lipinski definition) is 2. The van der Waals surface area contributed by atoms with Crippen molar-refractivity contribution in [1.29, 1.82) is 0 Å². The minimum atomic E-state index is -1.05. The van der Waals surface area contributed by atoms with Crippen LogP contribution in [0.3, 0.4) is 0 Å². The number of carbonyl (C=O) groups excluding carboxylic acids is 1. The third kappa shape index (κ3) is 2.23. The summed E-state index contributed by atoms with van der Waals surface area (Å²) in [6, 6.07) is 14.9. The van der Waals surface area contributed by atoms with Gasteiger partial charge in [-0.3, -0.25) is 4.79 Å². The van der Waals surface area contributed by atoms with Crippen molar-refractivity contribution in [3.05, 3.63) is 70.4 Å². The first-order valence-corrected chi connectivity index (χ1v) is 8.01. The average molecular weight is 339 g/mol. The molecule has 0 aliphatic carbocycles. The lowest BCUT2D eigenvalue weighted by Crippen LogP contribution is -2.27. The number of hydrogen-bond donors (Lipinski definition) is 3. The Morgan fingerprint density at radius 3 is 2.71 bits per heavy atom. The van der Waals surface area contributed by atoms with E-state index in [1.807, 2.05) is 37.3 Å². The molecule has 1 atom stereocenters. The lowest BCUT2D eigenvalue weighted by molar-refractivity contribution is -0.116. The first-order chi connectivity index (χ1) is 11.6. The van der Waals surface area contributed by atoms with Gasteiger partial charge in [0.2, 0.25) is 0 Å². The molecule has 2 heterocycles. The van der Waals surface area contributed by atoms with Gasteiger partial charge in [0.05, 0.1) is 5.57 Å². The van der Waals surface area contributed by atoms with Gasteiger partial charge in [-0.15, -0.1) is 0 Å². The molecule has 3 N–H and O–H groups in total. The third-order valence-electron chi connectivity index (χ3n) is 4.31. The zero-order valence-corrected chi connectivity index (χ0v) is 13.7. The minimum Gasteiger partial charge on any atom is -0.369 e. The molecule has 4 rings (SSSR count). The summed E-state index contributed by atoms with van der Waals surface area (Å²) in [6.45, 7) is 1.94. The van der Waals surface area contributed by atoms with Crippen LogP contribution in [0.4, 0.5) is 0 Å². The molecule has 0 radical (unpaired) electrons. The van der Waals surface area contributed by atoms with Crippen LogP contribution in [0.15, 0.2) is 48.5 Å². The summed E-state index contributed by atoms with van der Waals surface area (Å²) in [5.74, 6) is -0.301. The molecular weight excluding hydrogens is 324 g/mol. The quantitative estimate of drug-likeness (QED) is 0.669. The molecule has 1 amide bonds. The molecule has 120 valence electrons. The molecular formula is C19H15ClN2O2. The number of aliphatic hydroxyl groups is 1. The lowest BCUT2D eigenvalue weighted by Gasteiger charge is -2.10. The Hall–Kier alpha value is -2.56. The van der Waals surface area contributed by atoms with Crippen LogP contribution >= 0.6 is 11.6 Å². The molecule has 0 saturated carbocycles. The highest BCUT2D eigenvalue weighted by molar-refractivity contribution is 6.34. The summed E-state index contributed by atoms with van der Waals surface area (Å²) in [4.78, 5) is 15.8. The Morgan fingerprint density at radius 2 is 1.92 bits per heavy atom. The Kier molecular flexibility index (Phi) is 3.44. The maximum absolute atomic E-state index is 12.5. The van der Waals surface area contributed by atoms with Crippen molar-refractivity contribution in [2.24, 2.45) is 0 Å². The first-order valence-electron chi connectivity index (χ1n) is 7.63.